The lowest BCUT2D eigenvalue weighted by Crippen LogP contribution is -2.14. The van der Waals surface area contributed by atoms with E-state index < -0.39 is 0 Å². The van der Waals surface area contributed by atoms with Crippen molar-refractivity contribution in [3.63, 3.8) is 0 Å². The number of benzene rings is 4. The van der Waals surface area contributed by atoms with Crippen LogP contribution in [0.15, 0.2) is 97.1 Å². The highest BCUT2D eigenvalue weighted by Gasteiger charge is 2.07. The van der Waals surface area contributed by atoms with E-state index in [2.05, 4.69) is 22.1 Å². The van der Waals surface area contributed by atoms with Gasteiger partial charge in [0.15, 0.2) is 0 Å². The highest BCUT2D eigenvalue weighted by Crippen LogP contribution is 2.32. The second-order valence-electron chi connectivity index (χ2n) is 10.9. The van der Waals surface area contributed by atoms with Gasteiger partial charge in [-0.15, -0.1) is 22.7 Å². The fourth-order valence-electron chi connectivity index (χ4n) is 4.68. The zero-order valence-electron chi connectivity index (χ0n) is 28.7. The summed E-state index contributed by atoms with van der Waals surface area (Å²) in [6.45, 7) is 5.40. The van der Waals surface area contributed by atoms with E-state index >= 15 is 0 Å². The Hall–Kier alpha value is -3.98. The van der Waals surface area contributed by atoms with Crippen molar-refractivity contribution in [2.45, 2.75) is 0 Å². The fraction of sp³-hybridized carbons (Fsp3) is 0.333. The molecule has 1 N–H and O–H groups in total. The summed E-state index contributed by atoms with van der Waals surface area (Å²) in [4.78, 5) is 9.30. The summed E-state index contributed by atoms with van der Waals surface area (Å²) >= 11 is 3.40. The molecule has 0 atom stereocenters. The number of aliphatic hydroxyl groups is 1. The second-order valence-corrected chi connectivity index (χ2v) is 12.9. The van der Waals surface area contributed by atoms with Gasteiger partial charge in [0.1, 0.15) is 28.1 Å². The maximum absolute atomic E-state index is 8.57. The third kappa shape index (κ3) is 12.9. The fourth-order valence-corrected chi connectivity index (χ4v) is 6.63. The summed E-state index contributed by atoms with van der Waals surface area (Å²) < 4.78 is 40.1. The molecule has 51 heavy (non-hydrogen) atoms. The normalized spacial score (nSPS) is 11.1. The highest BCUT2D eigenvalue weighted by molar-refractivity contribution is 7.22. The van der Waals surface area contributed by atoms with Gasteiger partial charge in [0, 0.05) is 11.1 Å². The molecule has 2 aromatic heterocycles. The molecule has 0 saturated carbocycles. The first kappa shape index (κ1) is 38.3. The number of hydrogen-bond acceptors (Lipinski definition) is 12. The number of thiazole rings is 2. The van der Waals surface area contributed by atoms with Crippen molar-refractivity contribution in [3.05, 3.63) is 97.1 Å². The topological polar surface area (TPSA) is 111 Å². The summed E-state index contributed by atoms with van der Waals surface area (Å²) in [7, 11) is 1.67. The van der Waals surface area contributed by atoms with Gasteiger partial charge in [-0.25, -0.2) is 9.97 Å². The van der Waals surface area contributed by atoms with E-state index in [1.165, 1.54) is 9.40 Å². The first-order chi connectivity index (χ1) is 25.2. The first-order valence-electron chi connectivity index (χ1n) is 16.8. The molecule has 270 valence electrons. The van der Waals surface area contributed by atoms with Gasteiger partial charge in [-0.2, -0.15) is 0 Å². The van der Waals surface area contributed by atoms with Gasteiger partial charge in [-0.3, -0.25) is 0 Å². The first-order valence-corrected chi connectivity index (χ1v) is 18.4. The smallest absolute Gasteiger partial charge is 0.124 e. The Kier molecular flexibility index (Phi) is 16.5. The highest BCUT2D eigenvalue weighted by atomic mass is 32.1. The standard InChI is InChI=1S/C25H33NO7S.C14H11NOS/c27-9-10-28-11-12-29-13-14-30-15-16-31-17-18-32-19-20-33-22-7-5-21(6-8-22)25-26-23-3-1-2-4-24(23)34-25;1-16-11-8-6-10(7-9-11)14-15-12-4-2-3-5-13(12)17-14/h1-8,27H,9-20H2;2-9H,1H3. The minimum Gasteiger partial charge on any atom is -0.497 e. The van der Waals surface area contributed by atoms with Crippen molar-refractivity contribution in [1.29, 1.82) is 0 Å². The number of para-hydroxylation sites is 2. The third-order valence-corrected chi connectivity index (χ3v) is 9.42. The monoisotopic (exact) mass is 732 g/mol. The lowest BCUT2D eigenvalue weighted by molar-refractivity contribution is -0.0146. The number of aromatic nitrogens is 2. The van der Waals surface area contributed by atoms with Crippen LogP contribution in [0.5, 0.6) is 11.5 Å². The number of nitrogens with zero attached hydrogens (tertiary/aromatic N) is 2. The quantitative estimate of drug-likeness (QED) is 0.0753. The maximum Gasteiger partial charge on any atom is 0.124 e. The van der Waals surface area contributed by atoms with Crippen LogP contribution in [-0.2, 0) is 23.7 Å². The van der Waals surface area contributed by atoms with E-state index in [1.54, 1.807) is 29.8 Å². The van der Waals surface area contributed by atoms with Crippen LogP contribution >= 0.6 is 22.7 Å². The van der Waals surface area contributed by atoms with Crippen LogP contribution in [0, 0.1) is 0 Å². The lowest BCUT2D eigenvalue weighted by Gasteiger charge is -2.09. The zero-order valence-corrected chi connectivity index (χ0v) is 30.4. The SMILES string of the molecule is COc1ccc(-c2nc3ccccc3s2)cc1.OCCOCCOCCOCCOCCOCCOc1ccc(-c2nc3ccccc3s2)cc1. The molecule has 0 aliphatic carbocycles. The van der Waals surface area contributed by atoms with E-state index in [0.717, 1.165) is 43.7 Å². The zero-order chi connectivity index (χ0) is 35.4. The molecule has 2 heterocycles. The van der Waals surface area contributed by atoms with E-state index in [4.69, 9.17) is 38.3 Å². The number of ether oxygens (including phenoxy) is 7. The molecular weight excluding hydrogens is 689 g/mol. The molecule has 0 saturated heterocycles. The molecule has 0 bridgehead atoms. The Balaban J connectivity index is 0.000000245. The average Bonchev–Trinajstić information content (AvgIpc) is 3.82. The number of aliphatic hydroxyl groups excluding tert-OH is 1. The summed E-state index contributed by atoms with van der Waals surface area (Å²) in [5.41, 5.74) is 4.30. The predicted octanol–water partition coefficient (Wildman–Crippen LogP) is 7.39. The largest absolute Gasteiger partial charge is 0.497 e. The molecular formula is C39H44N2O8S2. The minimum absolute atomic E-state index is 0.0311. The second kappa shape index (κ2) is 22.1. The number of fused-ring (bicyclic) bond motifs is 2. The minimum atomic E-state index is 0.0311. The summed E-state index contributed by atoms with van der Waals surface area (Å²) in [6.07, 6.45) is 0. The Bertz CT molecular complexity index is 1760. The van der Waals surface area contributed by atoms with Crippen molar-refractivity contribution < 1.29 is 38.3 Å². The Morgan fingerprint density at radius 3 is 1.27 bits per heavy atom. The molecule has 6 rings (SSSR count). The average molecular weight is 733 g/mol. The summed E-state index contributed by atoms with van der Waals surface area (Å²) in [5, 5.41) is 10.6. The van der Waals surface area contributed by atoms with E-state index in [-0.39, 0.29) is 6.61 Å². The molecule has 0 unspecified atom stereocenters. The predicted molar refractivity (Wildman–Crippen MR) is 203 cm³/mol. The van der Waals surface area contributed by atoms with E-state index in [1.807, 2.05) is 84.9 Å². The molecule has 0 fully saturated rings. The molecule has 10 nitrogen and oxygen atoms in total. The molecule has 0 aliphatic heterocycles. The molecule has 0 amide bonds. The van der Waals surface area contributed by atoms with Crippen LogP contribution in [0.4, 0.5) is 0 Å². The summed E-state index contributed by atoms with van der Waals surface area (Å²) in [6, 6.07) is 32.3. The van der Waals surface area contributed by atoms with E-state index in [0.29, 0.717) is 72.7 Å². The van der Waals surface area contributed by atoms with Crippen molar-refractivity contribution in [3.8, 4) is 32.6 Å². The summed E-state index contributed by atoms with van der Waals surface area (Å²) in [5.74, 6) is 1.68. The molecule has 12 heteroatoms. The number of methoxy groups -OCH3 is 1. The Labute approximate surface area is 306 Å². The van der Waals surface area contributed by atoms with Gasteiger partial charge in [0.2, 0.25) is 0 Å². The van der Waals surface area contributed by atoms with Gasteiger partial charge in [-0.05, 0) is 72.8 Å². The van der Waals surface area contributed by atoms with Crippen molar-refractivity contribution >= 4 is 43.1 Å². The van der Waals surface area contributed by atoms with Crippen LogP contribution in [0.1, 0.15) is 0 Å². The van der Waals surface area contributed by atoms with E-state index in [9.17, 15) is 0 Å². The number of hydrogen-bond donors (Lipinski definition) is 1. The van der Waals surface area contributed by atoms with Crippen LogP contribution in [0.25, 0.3) is 41.6 Å². The maximum atomic E-state index is 8.57. The molecule has 0 aliphatic rings. The lowest BCUT2D eigenvalue weighted by atomic mass is 10.2. The Morgan fingerprint density at radius 1 is 0.471 bits per heavy atom. The van der Waals surface area contributed by atoms with Crippen LogP contribution in [-0.4, -0.2) is 101 Å². The van der Waals surface area contributed by atoms with Gasteiger partial charge in [-0.1, -0.05) is 24.3 Å². The third-order valence-electron chi connectivity index (χ3n) is 7.25. The van der Waals surface area contributed by atoms with Gasteiger partial charge in [0.25, 0.3) is 0 Å². The van der Waals surface area contributed by atoms with Crippen LogP contribution < -0.4 is 9.47 Å². The van der Waals surface area contributed by atoms with Gasteiger partial charge < -0.3 is 38.3 Å². The molecule has 0 radical (unpaired) electrons. The molecule has 0 spiro atoms. The van der Waals surface area contributed by atoms with Gasteiger partial charge >= 0.3 is 0 Å². The van der Waals surface area contributed by atoms with Crippen molar-refractivity contribution in [2.75, 3.05) is 86.4 Å². The molecule has 6 aromatic rings. The van der Waals surface area contributed by atoms with Crippen molar-refractivity contribution in [2.24, 2.45) is 0 Å². The van der Waals surface area contributed by atoms with Crippen LogP contribution in [0.3, 0.4) is 0 Å². The van der Waals surface area contributed by atoms with Crippen LogP contribution in [0.2, 0.25) is 0 Å². The Morgan fingerprint density at radius 2 is 0.863 bits per heavy atom. The molecule has 4 aromatic carbocycles. The van der Waals surface area contributed by atoms with Crippen molar-refractivity contribution in [1.82, 2.24) is 9.97 Å². The van der Waals surface area contributed by atoms with Gasteiger partial charge in [0.05, 0.1) is 100 Å². The number of rotatable bonds is 21.